The minimum absolute atomic E-state index is 0.266. The zero-order chi connectivity index (χ0) is 15.7. The third-order valence-corrected chi connectivity index (χ3v) is 5.31. The van der Waals surface area contributed by atoms with Crippen LogP contribution in [0.5, 0.6) is 0 Å². The van der Waals surface area contributed by atoms with Crippen LogP contribution in [0.25, 0.3) is 10.2 Å². The van der Waals surface area contributed by atoms with Gasteiger partial charge in [-0.05, 0) is 47.1 Å². The molecule has 1 heterocycles. The van der Waals surface area contributed by atoms with Crippen LogP contribution in [0.2, 0.25) is 5.02 Å². The molecule has 3 nitrogen and oxygen atoms in total. The van der Waals surface area contributed by atoms with E-state index in [1.54, 1.807) is 6.07 Å². The van der Waals surface area contributed by atoms with Gasteiger partial charge in [0.25, 0.3) is 5.91 Å². The Kier molecular flexibility index (Phi) is 4.47. The summed E-state index contributed by atoms with van der Waals surface area (Å²) in [6, 6.07) is 13.0. The largest absolute Gasteiger partial charge is 0.315 e. The van der Waals surface area contributed by atoms with Gasteiger partial charge in [-0.1, -0.05) is 41.1 Å². The summed E-state index contributed by atoms with van der Waals surface area (Å²) in [6.45, 7) is 2.71. The Labute approximate surface area is 145 Å². The number of aromatic nitrogens is 1. The summed E-state index contributed by atoms with van der Waals surface area (Å²) in [4.78, 5) is 17.4. The van der Waals surface area contributed by atoms with Crippen LogP contribution in [0, 0.1) is 0 Å². The van der Waals surface area contributed by atoms with Gasteiger partial charge in [-0.2, -0.15) is 4.99 Å². The van der Waals surface area contributed by atoms with E-state index in [0.29, 0.717) is 21.9 Å². The number of fused-ring (bicyclic) bond motifs is 1. The van der Waals surface area contributed by atoms with Gasteiger partial charge in [-0.25, -0.2) is 0 Å². The first-order valence-corrected chi connectivity index (χ1v) is 8.72. The number of halogens is 2. The van der Waals surface area contributed by atoms with Crippen LogP contribution < -0.4 is 4.80 Å². The number of rotatable bonds is 2. The molecule has 0 bridgehead atoms. The molecule has 3 aromatic rings. The van der Waals surface area contributed by atoms with E-state index >= 15 is 0 Å². The lowest BCUT2D eigenvalue weighted by atomic mass is 10.2. The molecule has 1 aromatic heterocycles. The molecule has 22 heavy (non-hydrogen) atoms. The molecule has 0 aliphatic heterocycles. The van der Waals surface area contributed by atoms with E-state index in [9.17, 15) is 4.79 Å². The lowest BCUT2D eigenvalue weighted by molar-refractivity contribution is 0.0997. The third kappa shape index (κ3) is 2.76. The molecule has 0 aliphatic rings. The Bertz CT molecular complexity index is 929. The van der Waals surface area contributed by atoms with Crippen LogP contribution in [-0.2, 0) is 6.54 Å². The van der Waals surface area contributed by atoms with E-state index in [1.807, 2.05) is 47.9 Å². The van der Waals surface area contributed by atoms with Crippen molar-refractivity contribution in [1.82, 2.24) is 4.57 Å². The molecule has 112 valence electrons. The fraction of sp³-hybridized carbons (Fsp3) is 0.125. The van der Waals surface area contributed by atoms with E-state index in [2.05, 4.69) is 20.9 Å². The Morgan fingerprint density at radius 3 is 2.77 bits per heavy atom. The third-order valence-electron chi connectivity index (χ3n) is 3.27. The maximum Gasteiger partial charge on any atom is 0.280 e. The Balaban J connectivity index is 2.20. The second-order valence-electron chi connectivity index (χ2n) is 4.61. The number of thiazole rings is 1. The minimum Gasteiger partial charge on any atom is -0.315 e. The van der Waals surface area contributed by atoms with Gasteiger partial charge in [-0.15, -0.1) is 0 Å². The number of carbonyl (C=O) groups excluding carboxylic acids is 1. The van der Waals surface area contributed by atoms with Gasteiger partial charge >= 0.3 is 0 Å². The molecular weight excluding hydrogens is 384 g/mol. The van der Waals surface area contributed by atoms with Gasteiger partial charge in [-0.3, -0.25) is 4.79 Å². The van der Waals surface area contributed by atoms with E-state index in [-0.39, 0.29) is 5.91 Å². The van der Waals surface area contributed by atoms with Crippen LogP contribution in [0.3, 0.4) is 0 Å². The van der Waals surface area contributed by atoms with Gasteiger partial charge < -0.3 is 4.57 Å². The summed E-state index contributed by atoms with van der Waals surface area (Å²) in [5, 5.41) is 0.672. The van der Waals surface area contributed by atoms with Crippen molar-refractivity contribution in [2.45, 2.75) is 13.5 Å². The minimum atomic E-state index is -0.266. The summed E-state index contributed by atoms with van der Waals surface area (Å²) >= 11 is 11.1. The Morgan fingerprint density at radius 1 is 1.27 bits per heavy atom. The molecular formula is C16H12BrClN2OS. The summed E-state index contributed by atoms with van der Waals surface area (Å²) in [5.74, 6) is -0.266. The number of hydrogen-bond donors (Lipinski definition) is 0. The lowest BCUT2D eigenvalue weighted by Crippen LogP contribution is -2.16. The van der Waals surface area contributed by atoms with Crippen molar-refractivity contribution >= 4 is 55.0 Å². The molecule has 0 fully saturated rings. The normalized spacial score (nSPS) is 12.0. The van der Waals surface area contributed by atoms with Crippen molar-refractivity contribution in [3.8, 4) is 0 Å². The topological polar surface area (TPSA) is 34.4 Å². The monoisotopic (exact) mass is 394 g/mol. The number of aryl methyl sites for hydroxylation is 1. The van der Waals surface area contributed by atoms with E-state index in [1.165, 1.54) is 11.3 Å². The molecule has 0 aliphatic carbocycles. The van der Waals surface area contributed by atoms with Crippen molar-refractivity contribution in [2.24, 2.45) is 4.99 Å². The number of amides is 1. The second kappa shape index (κ2) is 6.36. The highest BCUT2D eigenvalue weighted by Crippen LogP contribution is 2.25. The first kappa shape index (κ1) is 15.5. The van der Waals surface area contributed by atoms with Gasteiger partial charge in [0.1, 0.15) is 0 Å². The standard InChI is InChI=1S/C16H12BrClN2OS/c1-2-20-14-12(18)8-5-9-13(14)22-16(20)19-15(21)10-6-3-4-7-11(10)17/h3-9H,2H2,1H3. The quantitative estimate of drug-likeness (QED) is 0.609. The van der Waals surface area contributed by atoms with Gasteiger partial charge in [0.2, 0.25) is 0 Å². The summed E-state index contributed by atoms with van der Waals surface area (Å²) in [7, 11) is 0. The zero-order valence-corrected chi connectivity index (χ0v) is 14.9. The fourth-order valence-corrected chi connectivity index (χ4v) is 4.15. The summed E-state index contributed by atoms with van der Waals surface area (Å²) < 4.78 is 3.73. The average Bonchev–Trinajstić information content (AvgIpc) is 2.86. The molecule has 0 unspecified atom stereocenters. The maximum atomic E-state index is 12.4. The van der Waals surface area contributed by atoms with E-state index < -0.39 is 0 Å². The number of nitrogens with zero attached hydrogens (tertiary/aromatic N) is 2. The van der Waals surface area contributed by atoms with Crippen LogP contribution >= 0.6 is 38.9 Å². The summed E-state index contributed by atoms with van der Waals surface area (Å²) in [5.41, 5.74) is 1.48. The van der Waals surface area contributed by atoms with Crippen molar-refractivity contribution < 1.29 is 4.79 Å². The van der Waals surface area contributed by atoms with Crippen LogP contribution in [-0.4, -0.2) is 10.5 Å². The molecule has 6 heteroatoms. The van der Waals surface area contributed by atoms with Crippen molar-refractivity contribution in [3.05, 3.63) is 62.3 Å². The first-order valence-electron chi connectivity index (χ1n) is 6.73. The molecule has 1 amide bonds. The predicted octanol–water partition coefficient (Wildman–Crippen LogP) is 4.88. The molecule has 0 radical (unpaired) electrons. The molecule has 0 N–H and O–H groups in total. The molecule has 3 rings (SSSR count). The van der Waals surface area contributed by atoms with Crippen LogP contribution in [0.4, 0.5) is 0 Å². The van der Waals surface area contributed by atoms with Crippen molar-refractivity contribution in [2.75, 3.05) is 0 Å². The first-order chi connectivity index (χ1) is 10.6. The smallest absolute Gasteiger partial charge is 0.280 e. The highest BCUT2D eigenvalue weighted by Gasteiger charge is 2.12. The van der Waals surface area contributed by atoms with Crippen molar-refractivity contribution in [3.63, 3.8) is 0 Å². The number of hydrogen-bond acceptors (Lipinski definition) is 2. The molecule has 0 spiro atoms. The molecule has 0 atom stereocenters. The molecule has 2 aromatic carbocycles. The molecule has 0 saturated carbocycles. The SMILES string of the molecule is CCn1c(=NC(=O)c2ccccc2Br)sc2cccc(Cl)c21. The zero-order valence-electron chi connectivity index (χ0n) is 11.7. The maximum absolute atomic E-state index is 12.4. The van der Waals surface area contributed by atoms with Crippen LogP contribution in [0.1, 0.15) is 17.3 Å². The van der Waals surface area contributed by atoms with Gasteiger partial charge in [0.15, 0.2) is 4.80 Å². The number of para-hydroxylation sites is 1. The predicted molar refractivity (Wildman–Crippen MR) is 94.5 cm³/mol. The lowest BCUT2D eigenvalue weighted by Gasteiger charge is -2.02. The fourth-order valence-electron chi connectivity index (χ4n) is 2.25. The van der Waals surface area contributed by atoms with E-state index in [0.717, 1.165) is 14.7 Å². The number of benzene rings is 2. The number of carbonyl (C=O) groups is 1. The molecule has 0 saturated heterocycles. The second-order valence-corrected chi connectivity index (χ2v) is 6.88. The van der Waals surface area contributed by atoms with Gasteiger partial charge in [0.05, 0.1) is 20.8 Å². The Morgan fingerprint density at radius 2 is 2.05 bits per heavy atom. The average molecular weight is 396 g/mol. The van der Waals surface area contributed by atoms with E-state index in [4.69, 9.17) is 11.6 Å². The Hall–Kier alpha value is -1.43. The highest BCUT2D eigenvalue weighted by atomic mass is 79.9. The highest BCUT2D eigenvalue weighted by molar-refractivity contribution is 9.10. The van der Waals surface area contributed by atoms with Gasteiger partial charge in [0, 0.05) is 11.0 Å². The van der Waals surface area contributed by atoms with Crippen LogP contribution in [0.15, 0.2) is 51.9 Å². The summed E-state index contributed by atoms with van der Waals surface area (Å²) in [6.07, 6.45) is 0. The van der Waals surface area contributed by atoms with Crippen molar-refractivity contribution in [1.29, 1.82) is 0 Å².